The number of para-hydroxylation sites is 1. The second kappa shape index (κ2) is 11.3. The van der Waals surface area contributed by atoms with Crippen molar-refractivity contribution in [2.24, 2.45) is 5.92 Å². The lowest BCUT2D eigenvalue weighted by Gasteiger charge is -2.36. The van der Waals surface area contributed by atoms with Gasteiger partial charge in [-0.3, -0.25) is 0 Å². The van der Waals surface area contributed by atoms with Crippen LogP contribution in [0.2, 0.25) is 0 Å². The molecule has 0 bridgehead atoms. The number of nitrogens with zero attached hydrogens (tertiary/aromatic N) is 1. The standard InChI is InChI=1S/C52H41N/c1-51(2)42-24-11-6-20-37(42)40-32-31-35(33-47(40)51)53(48-29-15-10-19-36(48)34-17-4-3-5-18-34)49-30-16-28-46-50(49)41-23-9-14-27-45(41)52(46)43-25-12-7-21-38(43)39-22-8-13-26-44(39)52/h3-17,19-34,38,43H,18H2,1-2H3. The van der Waals surface area contributed by atoms with Gasteiger partial charge in [-0.15, -0.1) is 0 Å². The molecule has 0 N–H and O–H groups in total. The van der Waals surface area contributed by atoms with Gasteiger partial charge < -0.3 is 4.90 Å². The molecule has 0 amide bonds. The maximum Gasteiger partial charge on any atom is 0.0543 e. The molecule has 0 heterocycles. The summed E-state index contributed by atoms with van der Waals surface area (Å²) in [5, 5.41) is 0. The van der Waals surface area contributed by atoms with E-state index >= 15 is 0 Å². The molecule has 5 aliphatic rings. The van der Waals surface area contributed by atoms with Crippen LogP contribution in [0.1, 0.15) is 71.0 Å². The van der Waals surface area contributed by atoms with E-state index in [4.69, 9.17) is 0 Å². The Kier molecular flexibility index (Phi) is 6.54. The maximum atomic E-state index is 2.60. The molecule has 1 spiro atoms. The van der Waals surface area contributed by atoms with Crippen molar-refractivity contribution in [1.29, 1.82) is 0 Å². The fourth-order valence-electron chi connectivity index (χ4n) is 10.9. The molecule has 1 heteroatoms. The topological polar surface area (TPSA) is 3.24 Å². The zero-order valence-electron chi connectivity index (χ0n) is 30.2. The lowest BCUT2D eigenvalue weighted by molar-refractivity contribution is 0.465. The van der Waals surface area contributed by atoms with E-state index in [9.17, 15) is 0 Å². The van der Waals surface area contributed by atoms with Gasteiger partial charge in [0.05, 0.1) is 11.1 Å². The third-order valence-corrected chi connectivity index (χ3v) is 13.1. The van der Waals surface area contributed by atoms with Crippen LogP contribution >= 0.6 is 0 Å². The third kappa shape index (κ3) is 4.08. The molecular formula is C52H41N. The first kappa shape index (κ1) is 30.7. The number of rotatable bonds is 4. The number of hydrogen-bond donors (Lipinski definition) is 0. The van der Waals surface area contributed by atoms with Gasteiger partial charge in [0.2, 0.25) is 0 Å². The molecule has 0 aliphatic heterocycles. The fraction of sp³-hybridized carbons (Fsp3) is 0.154. The Balaban J connectivity index is 1.20. The maximum absolute atomic E-state index is 2.60. The highest BCUT2D eigenvalue weighted by Crippen LogP contribution is 2.67. The average Bonchev–Trinajstić information content (AvgIpc) is 3.78. The van der Waals surface area contributed by atoms with Crippen LogP contribution in [0, 0.1) is 5.92 Å². The van der Waals surface area contributed by atoms with Crippen molar-refractivity contribution >= 4 is 17.1 Å². The SMILES string of the molecule is CC1(C)c2ccccc2-c2ccc(N(c3ccccc3C3C=CC=CC3)c3cccc4c3-c3ccccc3C43c4ccccc4C4C=CC=CC43)cc21. The third-order valence-electron chi connectivity index (χ3n) is 13.1. The molecule has 0 saturated carbocycles. The Morgan fingerprint density at radius 3 is 2.02 bits per heavy atom. The molecule has 0 fully saturated rings. The van der Waals surface area contributed by atoms with E-state index in [1.807, 2.05) is 0 Å². The molecule has 6 aromatic carbocycles. The summed E-state index contributed by atoms with van der Waals surface area (Å²) in [4.78, 5) is 2.60. The Morgan fingerprint density at radius 1 is 0.509 bits per heavy atom. The van der Waals surface area contributed by atoms with Crippen molar-refractivity contribution in [1.82, 2.24) is 0 Å². The molecule has 11 rings (SSSR count). The molecule has 4 atom stereocenters. The molecule has 0 saturated heterocycles. The van der Waals surface area contributed by atoms with E-state index in [2.05, 4.69) is 201 Å². The highest BCUT2D eigenvalue weighted by atomic mass is 15.1. The largest absolute Gasteiger partial charge is 0.310 e. The summed E-state index contributed by atoms with van der Waals surface area (Å²) in [6.45, 7) is 4.78. The number of fused-ring (bicyclic) bond motifs is 13. The lowest BCUT2D eigenvalue weighted by Crippen LogP contribution is -2.33. The van der Waals surface area contributed by atoms with Crippen molar-refractivity contribution in [3.8, 4) is 22.3 Å². The minimum atomic E-state index is -0.284. The van der Waals surface area contributed by atoms with E-state index in [0.717, 1.165) is 6.42 Å². The summed E-state index contributed by atoms with van der Waals surface area (Å²) >= 11 is 0. The van der Waals surface area contributed by atoms with Crippen molar-refractivity contribution < 1.29 is 0 Å². The Hall–Kier alpha value is -5.92. The van der Waals surface area contributed by atoms with Crippen LogP contribution in [0.4, 0.5) is 17.1 Å². The van der Waals surface area contributed by atoms with Crippen molar-refractivity contribution in [3.63, 3.8) is 0 Å². The van der Waals surface area contributed by atoms with E-state index in [-0.39, 0.29) is 10.8 Å². The highest BCUT2D eigenvalue weighted by Gasteiger charge is 2.57. The van der Waals surface area contributed by atoms with Crippen LogP contribution in [0.5, 0.6) is 0 Å². The van der Waals surface area contributed by atoms with Crippen LogP contribution in [0.15, 0.2) is 182 Å². The van der Waals surface area contributed by atoms with Crippen LogP contribution in [0.25, 0.3) is 22.3 Å². The highest BCUT2D eigenvalue weighted by molar-refractivity contribution is 5.98. The van der Waals surface area contributed by atoms with E-state index < -0.39 is 0 Å². The fourth-order valence-corrected chi connectivity index (χ4v) is 10.9. The number of benzene rings is 6. The van der Waals surface area contributed by atoms with Gasteiger partial charge in [0.15, 0.2) is 0 Å². The summed E-state index contributed by atoms with van der Waals surface area (Å²) in [7, 11) is 0. The average molecular weight is 680 g/mol. The summed E-state index contributed by atoms with van der Waals surface area (Å²) in [6.07, 6.45) is 19.5. The van der Waals surface area contributed by atoms with Crippen molar-refractivity contribution in [3.05, 3.63) is 221 Å². The first-order chi connectivity index (χ1) is 26.1. The van der Waals surface area contributed by atoms with E-state index in [1.165, 1.54) is 78.3 Å². The van der Waals surface area contributed by atoms with Crippen LogP contribution < -0.4 is 4.90 Å². The van der Waals surface area contributed by atoms with Crippen molar-refractivity contribution in [2.75, 3.05) is 4.90 Å². The van der Waals surface area contributed by atoms with Gasteiger partial charge in [-0.1, -0.05) is 172 Å². The molecule has 254 valence electrons. The van der Waals surface area contributed by atoms with Gasteiger partial charge in [-0.25, -0.2) is 0 Å². The summed E-state index contributed by atoms with van der Waals surface area (Å²) in [6, 6.07) is 51.0. The van der Waals surface area contributed by atoms with Gasteiger partial charge in [-0.05, 0) is 86.3 Å². The van der Waals surface area contributed by atoms with Crippen LogP contribution in [-0.4, -0.2) is 0 Å². The van der Waals surface area contributed by atoms with Crippen LogP contribution in [0.3, 0.4) is 0 Å². The molecule has 6 aromatic rings. The molecule has 0 aromatic heterocycles. The van der Waals surface area contributed by atoms with Gasteiger partial charge in [0.1, 0.15) is 0 Å². The van der Waals surface area contributed by atoms with E-state index in [1.54, 1.807) is 0 Å². The van der Waals surface area contributed by atoms with Gasteiger partial charge in [0, 0.05) is 40.1 Å². The monoisotopic (exact) mass is 679 g/mol. The second-order valence-corrected chi connectivity index (χ2v) is 15.9. The summed E-state index contributed by atoms with van der Waals surface area (Å²) in [5.41, 5.74) is 18.5. The summed E-state index contributed by atoms with van der Waals surface area (Å²) < 4.78 is 0. The van der Waals surface area contributed by atoms with Crippen LogP contribution in [-0.2, 0) is 10.8 Å². The Labute approximate surface area is 313 Å². The van der Waals surface area contributed by atoms with Gasteiger partial charge >= 0.3 is 0 Å². The zero-order valence-corrected chi connectivity index (χ0v) is 30.2. The number of allylic oxidation sites excluding steroid dienone is 8. The second-order valence-electron chi connectivity index (χ2n) is 15.9. The number of hydrogen-bond acceptors (Lipinski definition) is 1. The predicted octanol–water partition coefficient (Wildman–Crippen LogP) is 13.2. The quantitative estimate of drug-likeness (QED) is 0.179. The molecule has 5 aliphatic carbocycles. The van der Waals surface area contributed by atoms with E-state index in [0.29, 0.717) is 17.8 Å². The first-order valence-electron chi connectivity index (χ1n) is 19.2. The minimum Gasteiger partial charge on any atom is -0.310 e. The van der Waals surface area contributed by atoms with Gasteiger partial charge in [-0.2, -0.15) is 0 Å². The minimum absolute atomic E-state index is 0.108. The molecule has 4 unspecified atom stereocenters. The first-order valence-corrected chi connectivity index (χ1v) is 19.2. The summed E-state index contributed by atoms with van der Waals surface area (Å²) in [5.74, 6) is 0.926. The lowest BCUT2D eigenvalue weighted by atomic mass is 9.65. The Bertz CT molecular complexity index is 2610. The normalized spacial score (nSPS) is 22.9. The Morgan fingerprint density at radius 2 is 1.17 bits per heavy atom. The van der Waals surface area contributed by atoms with Gasteiger partial charge in [0.25, 0.3) is 0 Å². The molecular weight excluding hydrogens is 639 g/mol. The van der Waals surface area contributed by atoms with Crippen molar-refractivity contribution in [2.45, 2.75) is 42.9 Å². The number of anilines is 3. The predicted molar refractivity (Wildman–Crippen MR) is 221 cm³/mol. The smallest absolute Gasteiger partial charge is 0.0543 e. The zero-order chi connectivity index (χ0) is 35.3. The molecule has 53 heavy (non-hydrogen) atoms. The molecule has 1 nitrogen and oxygen atoms in total. The molecule has 0 radical (unpaired) electrons.